The zero-order valence-corrected chi connectivity index (χ0v) is 17.9. The van der Waals surface area contributed by atoms with Crippen molar-refractivity contribution in [2.75, 3.05) is 5.32 Å². The highest BCUT2D eigenvalue weighted by Gasteiger charge is 2.38. The van der Waals surface area contributed by atoms with Gasteiger partial charge in [0.15, 0.2) is 0 Å². The molecular weight excluding hydrogens is 400 g/mol. The average molecular weight is 427 g/mol. The predicted molar refractivity (Wildman–Crippen MR) is 116 cm³/mol. The molecule has 1 saturated carbocycles. The van der Waals surface area contributed by atoms with Gasteiger partial charge in [0.05, 0.1) is 4.88 Å². The number of anilines is 2. The minimum Gasteiger partial charge on any atom is -0.383 e. The molecule has 8 nitrogen and oxygen atoms in total. The van der Waals surface area contributed by atoms with Crippen molar-refractivity contribution in [1.82, 2.24) is 19.7 Å². The molecule has 158 valence electrons. The Labute approximate surface area is 179 Å². The number of nitrogens with one attached hydrogen (secondary N) is 1. The molecule has 0 bridgehead atoms. The molecule has 1 amide bonds. The van der Waals surface area contributed by atoms with Crippen molar-refractivity contribution < 1.29 is 9.90 Å². The van der Waals surface area contributed by atoms with Crippen molar-refractivity contribution in [3.63, 3.8) is 0 Å². The minimum atomic E-state index is -0.989. The Morgan fingerprint density at radius 3 is 2.77 bits per heavy atom. The number of hydrogen-bond acceptors (Lipinski definition) is 7. The first-order valence-corrected chi connectivity index (χ1v) is 10.9. The highest BCUT2D eigenvalue weighted by atomic mass is 32.1. The van der Waals surface area contributed by atoms with E-state index in [1.165, 1.54) is 11.3 Å². The Morgan fingerprint density at radius 2 is 2.10 bits per heavy atom. The number of rotatable bonds is 6. The van der Waals surface area contributed by atoms with E-state index in [4.69, 9.17) is 5.73 Å². The standard InChI is InChI=1S/C21H26N6O2S/c1-3-27-12-24-20(26-27)25-16-9-13(2)8-15(10-16)17-11-23-19(30-17)21(29)6-4-14(5-7-21)18(22)28/h8-12,14,29H,3-7H2,1-2H3,(H2,22,28)(H,25,26). The van der Waals surface area contributed by atoms with Crippen LogP contribution < -0.4 is 11.1 Å². The molecule has 3 aromatic rings. The Bertz CT molecular complexity index is 1050. The largest absolute Gasteiger partial charge is 0.383 e. The number of carbonyl (C=O) groups excluding carboxylic acids is 1. The van der Waals surface area contributed by atoms with Crippen LogP contribution in [-0.2, 0) is 16.9 Å². The third-order valence-corrected chi connectivity index (χ3v) is 6.84. The fourth-order valence-corrected chi connectivity index (χ4v) is 4.90. The lowest BCUT2D eigenvalue weighted by atomic mass is 9.79. The highest BCUT2D eigenvalue weighted by molar-refractivity contribution is 7.15. The van der Waals surface area contributed by atoms with E-state index in [1.54, 1.807) is 17.2 Å². The quantitative estimate of drug-likeness (QED) is 0.556. The van der Waals surface area contributed by atoms with Gasteiger partial charge < -0.3 is 16.2 Å². The summed E-state index contributed by atoms with van der Waals surface area (Å²) in [5.41, 5.74) is 7.44. The molecular formula is C21H26N6O2S. The lowest BCUT2D eigenvalue weighted by molar-refractivity contribution is -0.124. The van der Waals surface area contributed by atoms with Crippen LogP contribution in [0.15, 0.2) is 30.7 Å². The fraction of sp³-hybridized carbons (Fsp3) is 0.429. The number of aromatic nitrogens is 4. The molecule has 0 saturated heterocycles. The van der Waals surface area contributed by atoms with E-state index in [0.29, 0.717) is 36.6 Å². The Morgan fingerprint density at radius 1 is 1.33 bits per heavy atom. The summed E-state index contributed by atoms with van der Waals surface area (Å²) in [6.45, 7) is 4.81. The van der Waals surface area contributed by atoms with E-state index in [2.05, 4.69) is 26.4 Å². The van der Waals surface area contributed by atoms with E-state index < -0.39 is 5.60 Å². The maximum Gasteiger partial charge on any atom is 0.246 e. The van der Waals surface area contributed by atoms with Gasteiger partial charge in [-0.3, -0.25) is 9.48 Å². The number of aryl methyl sites for hydroxylation is 2. The van der Waals surface area contributed by atoms with Gasteiger partial charge in [-0.15, -0.1) is 16.4 Å². The van der Waals surface area contributed by atoms with Crippen LogP contribution in [0.3, 0.4) is 0 Å². The second-order valence-corrected chi connectivity index (χ2v) is 8.91. The molecule has 0 atom stereocenters. The molecule has 2 heterocycles. The first-order valence-electron chi connectivity index (χ1n) is 10.1. The van der Waals surface area contributed by atoms with Crippen LogP contribution in [0, 0.1) is 12.8 Å². The number of nitrogens with zero attached hydrogens (tertiary/aromatic N) is 4. The summed E-state index contributed by atoms with van der Waals surface area (Å²) in [5, 5.41) is 19.4. The smallest absolute Gasteiger partial charge is 0.246 e. The van der Waals surface area contributed by atoms with E-state index in [-0.39, 0.29) is 11.8 Å². The molecule has 0 spiro atoms. The topological polar surface area (TPSA) is 119 Å². The maximum atomic E-state index is 11.4. The van der Waals surface area contributed by atoms with Crippen LogP contribution in [0.2, 0.25) is 0 Å². The number of amides is 1. The van der Waals surface area contributed by atoms with Crippen molar-refractivity contribution >= 4 is 28.9 Å². The molecule has 0 unspecified atom stereocenters. The van der Waals surface area contributed by atoms with Crippen LogP contribution in [0.5, 0.6) is 0 Å². The summed E-state index contributed by atoms with van der Waals surface area (Å²) in [6.07, 6.45) is 5.69. The summed E-state index contributed by atoms with van der Waals surface area (Å²) < 4.78 is 1.77. The van der Waals surface area contributed by atoms with E-state index >= 15 is 0 Å². The number of aliphatic hydroxyl groups is 1. The maximum absolute atomic E-state index is 11.4. The summed E-state index contributed by atoms with van der Waals surface area (Å²) >= 11 is 1.49. The van der Waals surface area contributed by atoms with Crippen LogP contribution in [0.4, 0.5) is 11.6 Å². The molecule has 1 aromatic carbocycles. The van der Waals surface area contributed by atoms with Gasteiger partial charge in [0.2, 0.25) is 11.9 Å². The van der Waals surface area contributed by atoms with Gasteiger partial charge in [-0.2, -0.15) is 0 Å². The van der Waals surface area contributed by atoms with Crippen molar-refractivity contribution in [3.8, 4) is 10.4 Å². The van der Waals surface area contributed by atoms with Gasteiger partial charge in [0.1, 0.15) is 16.9 Å². The average Bonchev–Trinajstić information content (AvgIpc) is 3.38. The molecule has 1 aliphatic rings. The molecule has 4 N–H and O–H groups in total. The Kier molecular flexibility index (Phi) is 5.57. The number of primary amides is 1. The van der Waals surface area contributed by atoms with Crippen molar-refractivity contribution in [3.05, 3.63) is 41.3 Å². The number of benzene rings is 1. The zero-order chi connectivity index (χ0) is 21.3. The van der Waals surface area contributed by atoms with Crippen LogP contribution in [0.1, 0.15) is 43.2 Å². The van der Waals surface area contributed by atoms with Gasteiger partial charge >= 0.3 is 0 Å². The lowest BCUT2D eigenvalue weighted by Gasteiger charge is -2.33. The number of nitrogens with two attached hydrogens (primary N) is 1. The van der Waals surface area contributed by atoms with Crippen LogP contribution >= 0.6 is 11.3 Å². The lowest BCUT2D eigenvalue weighted by Crippen LogP contribution is -2.35. The third kappa shape index (κ3) is 4.22. The third-order valence-electron chi connectivity index (χ3n) is 5.60. The first kappa shape index (κ1) is 20.5. The normalized spacial score (nSPS) is 21.5. The SMILES string of the molecule is CCn1cnc(Nc2cc(C)cc(-c3cnc(C4(O)CCC(C(N)=O)CC4)s3)c2)n1. The van der Waals surface area contributed by atoms with Gasteiger partial charge in [-0.25, -0.2) is 9.97 Å². The molecule has 9 heteroatoms. The van der Waals surface area contributed by atoms with Crippen molar-refractivity contribution in [2.24, 2.45) is 11.7 Å². The molecule has 2 aromatic heterocycles. The molecule has 4 rings (SSSR count). The highest BCUT2D eigenvalue weighted by Crippen LogP contribution is 2.42. The van der Waals surface area contributed by atoms with Crippen LogP contribution in [0.25, 0.3) is 10.4 Å². The summed E-state index contributed by atoms with van der Waals surface area (Å²) in [5.74, 6) is 0.119. The molecule has 1 aliphatic carbocycles. The first-order chi connectivity index (χ1) is 14.4. The van der Waals surface area contributed by atoms with Gasteiger partial charge in [-0.05, 0) is 62.8 Å². The molecule has 30 heavy (non-hydrogen) atoms. The van der Waals surface area contributed by atoms with Crippen molar-refractivity contribution in [1.29, 1.82) is 0 Å². The zero-order valence-electron chi connectivity index (χ0n) is 17.1. The fourth-order valence-electron chi connectivity index (χ4n) is 3.85. The second-order valence-electron chi connectivity index (χ2n) is 7.87. The summed E-state index contributed by atoms with van der Waals surface area (Å²) in [6, 6.07) is 6.16. The van der Waals surface area contributed by atoms with E-state index in [0.717, 1.165) is 28.2 Å². The Hall–Kier alpha value is -2.78. The second kappa shape index (κ2) is 8.16. The molecule has 1 fully saturated rings. The van der Waals surface area contributed by atoms with Gasteiger partial charge in [0, 0.05) is 24.3 Å². The summed E-state index contributed by atoms with van der Waals surface area (Å²) in [4.78, 5) is 21.2. The Balaban J connectivity index is 1.54. The number of thiazole rings is 1. The van der Waals surface area contributed by atoms with E-state index in [1.807, 2.05) is 26.0 Å². The minimum absolute atomic E-state index is 0.153. The molecule has 0 radical (unpaired) electrons. The number of hydrogen-bond donors (Lipinski definition) is 3. The van der Waals surface area contributed by atoms with E-state index in [9.17, 15) is 9.90 Å². The summed E-state index contributed by atoms with van der Waals surface area (Å²) in [7, 11) is 0. The predicted octanol–water partition coefficient (Wildman–Crippen LogP) is 3.34. The monoisotopic (exact) mass is 426 g/mol. The van der Waals surface area contributed by atoms with Gasteiger partial charge in [-0.1, -0.05) is 6.07 Å². The van der Waals surface area contributed by atoms with Crippen molar-refractivity contribution in [2.45, 2.75) is 51.7 Å². The molecule has 0 aliphatic heterocycles. The van der Waals surface area contributed by atoms with Crippen LogP contribution in [-0.4, -0.2) is 30.8 Å². The van der Waals surface area contributed by atoms with Gasteiger partial charge in [0.25, 0.3) is 0 Å². The number of carbonyl (C=O) groups is 1.